The van der Waals surface area contributed by atoms with Crippen LogP contribution in [0.3, 0.4) is 0 Å². The molecule has 0 spiro atoms. The zero-order valence-electron chi connectivity index (χ0n) is 17.0. The molecule has 2 aromatic carbocycles. The lowest BCUT2D eigenvalue weighted by atomic mass is 10.1. The standard InChI is InChI=1S/C20H25FN4O4S/c1-3-23-9-11-24(12-10-23)18-8-7-15(13-16(18)21)14-22-17-5-4-6-19(30(2,28)29)20(17)25(26)27/h4-8,13,22H,3,9-12,14H2,1-2H3. The summed E-state index contributed by atoms with van der Waals surface area (Å²) in [4.78, 5) is 14.7. The average Bonchev–Trinajstić information content (AvgIpc) is 2.71. The first-order chi connectivity index (χ1) is 14.2. The van der Waals surface area contributed by atoms with E-state index in [9.17, 15) is 22.9 Å². The average molecular weight is 437 g/mol. The SMILES string of the molecule is CCN1CCN(c2ccc(CNc3cccc(S(C)(=O)=O)c3[N+](=O)[O-])cc2F)CC1. The fourth-order valence-electron chi connectivity index (χ4n) is 3.57. The third-order valence-electron chi connectivity index (χ3n) is 5.24. The summed E-state index contributed by atoms with van der Waals surface area (Å²) < 4.78 is 38.4. The molecule has 0 saturated carbocycles. The van der Waals surface area contributed by atoms with Crippen molar-refractivity contribution in [2.75, 3.05) is 49.2 Å². The van der Waals surface area contributed by atoms with E-state index in [1.54, 1.807) is 12.1 Å². The van der Waals surface area contributed by atoms with Gasteiger partial charge in [0, 0.05) is 39.0 Å². The molecule has 0 bridgehead atoms. The molecule has 1 saturated heterocycles. The van der Waals surface area contributed by atoms with E-state index in [1.165, 1.54) is 24.3 Å². The zero-order chi connectivity index (χ0) is 21.9. The van der Waals surface area contributed by atoms with Crippen molar-refractivity contribution in [3.8, 4) is 0 Å². The van der Waals surface area contributed by atoms with Crippen molar-refractivity contribution < 1.29 is 17.7 Å². The normalized spacial score (nSPS) is 15.2. The Morgan fingerprint density at radius 3 is 2.43 bits per heavy atom. The second-order valence-corrected chi connectivity index (χ2v) is 9.23. The predicted octanol–water partition coefficient (Wildman–Crippen LogP) is 2.89. The van der Waals surface area contributed by atoms with E-state index < -0.39 is 20.4 Å². The number of piperazine rings is 1. The van der Waals surface area contributed by atoms with Crippen LogP contribution in [0.1, 0.15) is 12.5 Å². The first kappa shape index (κ1) is 22.0. The molecule has 1 fully saturated rings. The van der Waals surface area contributed by atoms with Crippen molar-refractivity contribution in [2.24, 2.45) is 0 Å². The molecule has 0 atom stereocenters. The number of benzene rings is 2. The van der Waals surface area contributed by atoms with Crippen LogP contribution in [0.4, 0.5) is 21.5 Å². The molecule has 10 heteroatoms. The van der Waals surface area contributed by atoms with Gasteiger partial charge in [-0.1, -0.05) is 19.1 Å². The van der Waals surface area contributed by atoms with Crippen molar-refractivity contribution in [3.05, 3.63) is 57.9 Å². The number of para-hydroxylation sites is 1. The first-order valence-corrected chi connectivity index (χ1v) is 11.6. The van der Waals surface area contributed by atoms with Gasteiger partial charge in [-0.3, -0.25) is 10.1 Å². The van der Waals surface area contributed by atoms with Crippen LogP contribution in [0.25, 0.3) is 0 Å². The highest BCUT2D eigenvalue weighted by Crippen LogP contribution is 2.32. The van der Waals surface area contributed by atoms with Gasteiger partial charge in [0.1, 0.15) is 16.4 Å². The summed E-state index contributed by atoms with van der Waals surface area (Å²) in [6.45, 7) is 6.50. The number of halogens is 1. The maximum Gasteiger partial charge on any atom is 0.310 e. The van der Waals surface area contributed by atoms with Crippen molar-refractivity contribution in [1.29, 1.82) is 0 Å². The molecule has 2 aromatic rings. The van der Waals surface area contributed by atoms with Crippen LogP contribution >= 0.6 is 0 Å². The van der Waals surface area contributed by atoms with Gasteiger partial charge in [-0.25, -0.2) is 12.8 Å². The molecule has 0 aromatic heterocycles. The first-order valence-electron chi connectivity index (χ1n) is 9.67. The Balaban J connectivity index is 1.76. The summed E-state index contributed by atoms with van der Waals surface area (Å²) in [5.74, 6) is -0.348. The Hall–Kier alpha value is -2.72. The number of nitrogens with one attached hydrogen (secondary N) is 1. The van der Waals surface area contributed by atoms with Crippen LogP contribution < -0.4 is 10.2 Å². The Bertz CT molecular complexity index is 1040. The minimum absolute atomic E-state index is 0.0723. The molecule has 1 heterocycles. The van der Waals surface area contributed by atoms with Crippen LogP contribution in [0.5, 0.6) is 0 Å². The molecule has 162 valence electrons. The number of sulfone groups is 1. The molecular formula is C20H25FN4O4S. The number of hydrogen-bond acceptors (Lipinski definition) is 7. The van der Waals surface area contributed by atoms with Gasteiger partial charge in [-0.2, -0.15) is 0 Å². The summed E-state index contributed by atoms with van der Waals surface area (Å²) in [5, 5.41) is 14.3. The third kappa shape index (κ3) is 4.88. The summed E-state index contributed by atoms with van der Waals surface area (Å²) in [7, 11) is -3.77. The van der Waals surface area contributed by atoms with Gasteiger partial charge in [0.2, 0.25) is 0 Å². The maximum atomic E-state index is 14.7. The Morgan fingerprint density at radius 1 is 1.17 bits per heavy atom. The molecular weight excluding hydrogens is 411 g/mol. The van der Waals surface area contributed by atoms with E-state index in [2.05, 4.69) is 17.1 Å². The second-order valence-electron chi connectivity index (χ2n) is 7.24. The zero-order valence-corrected chi connectivity index (χ0v) is 17.8. The second kappa shape index (κ2) is 8.97. The van der Waals surface area contributed by atoms with Gasteiger partial charge >= 0.3 is 5.69 Å². The van der Waals surface area contributed by atoms with Crippen LogP contribution in [0.2, 0.25) is 0 Å². The summed E-state index contributed by atoms with van der Waals surface area (Å²) in [6.07, 6.45) is 0.924. The molecule has 0 amide bonds. The van der Waals surface area contributed by atoms with Gasteiger partial charge in [0.05, 0.1) is 10.6 Å². The highest BCUT2D eigenvalue weighted by Gasteiger charge is 2.26. The van der Waals surface area contributed by atoms with Crippen LogP contribution in [-0.4, -0.2) is 57.2 Å². The molecule has 0 aliphatic carbocycles. The van der Waals surface area contributed by atoms with Crippen LogP contribution in [-0.2, 0) is 16.4 Å². The molecule has 8 nitrogen and oxygen atoms in total. The van der Waals surface area contributed by atoms with Gasteiger partial charge < -0.3 is 15.1 Å². The number of rotatable bonds is 7. The fourth-order valence-corrected chi connectivity index (χ4v) is 4.43. The maximum absolute atomic E-state index is 14.7. The lowest BCUT2D eigenvalue weighted by molar-refractivity contribution is -0.386. The Kier molecular flexibility index (Phi) is 6.57. The van der Waals surface area contributed by atoms with Gasteiger partial charge in [0.25, 0.3) is 0 Å². The summed E-state index contributed by atoms with van der Waals surface area (Å²) in [5.41, 5.74) is 0.705. The largest absolute Gasteiger partial charge is 0.375 e. The molecule has 0 radical (unpaired) electrons. The minimum Gasteiger partial charge on any atom is -0.375 e. The third-order valence-corrected chi connectivity index (χ3v) is 6.36. The Morgan fingerprint density at radius 2 is 1.87 bits per heavy atom. The van der Waals surface area contributed by atoms with Crippen LogP contribution in [0.15, 0.2) is 41.3 Å². The molecule has 0 unspecified atom stereocenters. The van der Waals surface area contributed by atoms with Crippen molar-refractivity contribution in [1.82, 2.24) is 4.90 Å². The lowest BCUT2D eigenvalue weighted by Crippen LogP contribution is -2.46. The minimum atomic E-state index is -3.77. The number of nitrogens with zero attached hydrogens (tertiary/aromatic N) is 3. The van der Waals surface area contributed by atoms with Crippen molar-refractivity contribution >= 4 is 26.9 Å². The smallest absolute Gasteiger partial charge is 0.310 e. The number of hydrogen-bond donors (Lipinski definition) is 1. The molecule has 1 N–H and O–H groups in total. The monoisotopic (exact) mass is 436 g/mol. The number of anilines is 2. The molecule has 30 heavy (non-hydrogen) atoms. The van der Waals surface area contributed by atoms with Gasteiger partial charge in [-0.15, -0.1) is 0 Å². The molecule has 3 rings (SSSR count). The molecule has 1 aliphatic rings. The van der Waals surface area contributed by atoms with Crippen molar-refractivity contribution in [3.63, 3.8) is 0 Å². The van der Waals surface area contributed by atoms with E-state index in [0.29, 0.717) is 11.3 Å². The van der Waals surface area contributed by atoms with E-state index in [1.807, 2.05) is 4.90 Å². The highest BCUT2D eigenvalue weighted by molar-refractivity contribution is 7.90. The van der Waals surface area contributed by atoms with E-state index in [0.717, 1.165) is 39.0 Å². The topological polar surface area (TPSA) is 95.8 Å². The summed E-state index contributed by atoms with van der Waals surface area (Å²) >= 11 is 0. The van der Waals surface area contributed by atoms with Crippen molar-refractivity contribution in [2.45, 2.75) is 18.4 Å². The van der Waals surface area contributed by atoms with Crippen LogP contribution in [0, 0.1) is 15.9 Å². The highest BCUT2D eigenvalue weighted by atomic mass is 32.2. The fraction of sp³-hybridized carbons (Fsp3) is 0.400. The summed E-state index contributed by atoms with van der Waals surface area (Å²) in [6, 6.07) is 8.96. The van der Waals surface area contributed by atoms with E-state index in [-0.39, 0.29) is 22.9 Å². The van der Waals surface area contributed by atoms with E-state index in [4.69, 9.17) is 0 Å². The quantitative estimate of drug-likeness (QED) is 0.527. The number of likely N-dealkylation sites (N-methyl/N-ethyl adjacent to an activating group) is 1. The Labute approximate surface area is 175 Å². The van der Waals surface area contributed by atoms with Gasteiger partial charge in [0.15, 0.2) is 9.84 Å². The lowest BCUT2D eigenvalue weighted by Gasteiger charge is -2.35. The van der Waals surface area contributed by atoms with Gasteiger partial charge in [-0.05, 0) is 36.4 Å². The number of nitro benzene ring substituents is 1. The molecule has 1 aliphatic heterocycles. The number of nitro groups is 1. The van der Waals surface area contributed by atoms with E-state index >= 15 is 0 Å². The predicted molar refractivity (Wildman–Crippen MR) is 114 cm³/mol.